The maximum absolute atomic E-state index is 6.46. The second-order valence-electron chi connectivity index (χ2n) is 7.64. The first-order valence-electron chi connectivity index (χ1n) is 10.9. The number of para-hydroxylation sites is 3. The van der Waals surface area contributed by atoms with Crippen molar-refractivity contribution in [1.29, 1.82) is 0 Å². The number of rotatable bonds is 6. The molecule has 0 aliphatic carbocycles. The fraction of sp³-hybridized carbons (Fsp3) is 0. The molecule has 3 aromatic carbocycles. The third-order valence-corrected chi connectivity index (χ3v) is 8.27. The molecule has 0 bridgehead atoms. The van der Waals surface area contributed by atoms with E-state index in [0.717, 1.165) is 32.7 Å². The van der Waals surface area contributed by atoms with Gasteiger partial charge in [-0.2, -0.15) is 0 Å². The average molecular weight is 500 g/mol. The molecule has 0 atom stereocenters. The zero-order valence-electron chi connectivity index (χ0n) is 18.0. The molecular formula is C27H18GaN3O3. The standard InChI is InChI=1S/3C9H7NO.Ga/c3*11-8-5-1-3-7-4-2-6-10-9(7)8;/h3*1-6,11H;/q;;;+3/p-3/i;;;1-2. The van der Waals surface area contributed by atoms with Crippen LogP contribution in [0.2, 0.25) is 0 Å². The van der Waals surface area contributed by atoms with Crippen molar-refractivity contribution in [3.8, 4) is 17.2 Å². The summed E-state index contributed by atoms with van der Waals surface area (Å²) in [6, 6.07) is 29.2. The fourth-order valence-corrected chi connectivity index (χ4v) is 6.70. The van der Waals surface area contributed by atoms with E-state index in [1.54, 1.807) is 18.6 Å². The summed E-state index contributed by atoms with van der Waals surface area (Å²) < 4.78 is 19.4. The van der Waals surface area contributed by atoms with Crippen LogP contribution in [0, 0.1) is 0 Å². The van der Waals surface area contributed by atoms with Crippen molar-refractivity contribution < 1.29 is 10.6 Å². The van der Waals surface area contributed by atoms with Crippen molar-refractivity contribution in [1.82, 2.24) is 15.0 Å². The Morgan fingerprint density at radius 2 is 0.735 bits per heavy atom. The van der Waals surface area contributed by atoms with Gasteiger partial charge in [0, 0.05) is 0 Å². The van der Waals surface area contributed by atoms with E-state index in [4.69, 9.17) is 10.6 Å². The number of pyridine rings is 3. The Kier molecular flexibility index (Phi) is 5.46. The van der Waals surface area contributed by atoms with Crippen LogP contribution in [-0.2, 0) is 0 Å². The van der Waals surface area contributed by atoms with E-state index < -0.39 is 17.3 Å². The normalized spacial score (nSPS) is 10.9. The molecule has 7 heteroatoms. The SMILES string of the molecule is c1cnc2c([O][68Ga]([O]c3cccc4cccnc34)[O]c3cccc4cccnc34)cccc2c1. The van der Waals surface area contributed by atoms with Crippen molar-refractivity contribution in [2.45, 2.75) is 0 Å². The molecule has 3 heterocycles. The molecule has 6 aromatic rings. The molecule has 3 aromatic heterocycles. The van der Waals surface area contributed by atoms with Gasteiger partial charge in [-0.25, -0.2) is 0 Å². The van der Waals surface area contributed by atoms with Gasteiger partial charge in [-0.15, -0.1) is 0 Å². The van der Waals surface area contributed by atoms with Gasteiger partial charge in [-0.1, -0.05) is 0 Å². The first kappa shape index (κ1) is 20.5. The van der Waals surface area contributed by atoms with E-state index in [0.29, 0.717) is 17.2 Å². The number of nitrogens with zero attached hydrogens (tertiary/aromatic N) is 3. The monoisotopic (exact) mass is 500 g/mol. The van der Waals surface area contributed by atoms with Crippen molar-refractivity contribution in [2.24, 2.45) is 0 Å². The van der Waals surface area contributed by atoms with Crippen molar-refractivity contribution >= 4 is 50.0 Å². The van der Waals surface area contributed by atoms with E-state index in [1.165, 1.54) is 0 Å². The molecular weight excluding hydrogens is 482 g/mol. The maximum atomic E-state index is 6.46. The third kappa shape index (κ3) is 4.02. The van der Waals surface area contributed by atoms with Gasteiger partial charge in [-0.05, 0) is 0 Å². The van der Waals surface area contributed by atoms with Crippen LogP contribution in [0.3, 0.4) is 0 Å². The summed E-state index contributed by atoms with van der Waals surface area (Å²) in [7, 11) is 0. The molecule has 162 valence electrons. The Morgan fingerprint density at radius 1 is 0.412 bits per heavy atom. The first-order valence-corrected chi connectivity index (χ1v) is 13.8. The van der Waals surface area contributed by atoms with E-state index in [1.807, 2.05) is 91.0 Å². The van der Waals surface area contributed by atoms with Gasteiger partial charge in [0.1, 0.15) is 0 Å². The van der Waals surface area contributed by atoms with Gasteiger partial charge in [0.05, 0.1) is 0 Å². The summed E-state index contributed by atoms with van der Waals surface area (Å²) in [5.41, 5.74) is 2.29. The molecule has 0 spiro atoms. The van der Waals surface area contributed by atoms with Crippen molar-refractivity contribution in [3.63, 3.8) is 0 Å². The van der Waals surface area contributed by atoms with Crippen LogP contribution in [0.5, 0.6) is 17.2 Å². The Balaban J connectivity index is 1.42. The molecule has 0 unspecified atom stereocenters. The second kappa shape index (κ2) is 9.05. The molecule has 0 fully saturated rings. The van der Waals surface area contributed by atoms with E-state index >= 15 is 0 Å². The molecule has 34 heavy (non-hydrogen) atoms. The van der Waals surface area contributed by atoms with Gasteiger partial charge in [0.15, 0.2) is 0 Å². The Hall–Kier alpha value is -4.07. The van der Waals surface area contributed by atoms with Crippen LogP contribution in [-0.4, -0.2) is 32.3 Å². The van der Waals surface area contributed by atoms with E-state index in [2.05, 4.69) is 15.0 Å². The van der Waals surface area contributed by atoms with E-state index in [9.17, 15) is 0 Å². The number of benzene rings is 3. The zero-order valence-corrected chi connectivity index (χ0v) is 20.5. The number of hydrogen-bond acceptors (Lipinski definition) is 6. The van der Waals surface area contributed by atoms with Crippen LogP contribution in [0.1, 0.15) is 0 Å². The minimum atomic E-state index is -3.46. The Bertz CT molecular complexity index is 1420. The molecule has 0 amide bonds. The summed E-state index contributed by atoms with van der Waals surface area (Å²) in [6.45, 7) is 0. The summed E-state index contributed by atoms with van der Waals surface area (Å²) in [5, 5.41) is 2.96. The minimum absolute atomic E-state index is 0.629. The van der Waals surface area contributed by atoms with Crippen LogP contribution < -0.4 is 10.6 Å². The van der Waals surface area contributed by atoms with E-state index in [-0.39, 0.29) is 0 Å². The van der Waals surface area contributed by atoms with Crippen molar-refractivity contribution in [2.75, 3.05) is 0 Å². The van der Waals surface area contributed by atoms with Gasteiger partial charge in [-0.3, -0.25) is 0 Å². The number of hydrogen-bond donors (Lipinski definition) is 0. The molecule has 0 aliphatic rings. The predicted octanol–water partition coefficient (Wildman–Crippen LogP) is 5.85. The molecule has 6 rings (SSSR count). The number of fused-ring (bicyclic) bond motifs is 3. The summed E-state index contributed by atoms with van der Waals surface area (Å²) in [4.78, 5) is 13.6. The van der Waals surface area contributed by atoms with Crippen LogP contribution in [0.4, 0.5) is 0 Å². The fourth-order valence-electron chi connectivity index (χ4n) is 3.90. The molecule has 0 aliphatic heterocycles. The molecule has 0 radical (unpaired) electrons. The van der Waals surface area contributed by atoms with Crippen LogP contribution in [0.15, 0.2) is 110 Å². The topological polar surface area (TPSA) is 66.4 Å². The zero-order chi connectivity index (χ0) is 22.7. The van der Waals surface area contributed by atoms with Gasteiger partial charge in [0.2, 0.25) is 0 Å². The van der Waals surface area contributed by atoms with Gasteiger partial charge >= 0.3 is 202 Å². The second-order valence-corrected chi connectivity index (χ2v) is 10.3. The summed E-state index contributed by atoms with van der Waals surface area (Å²) >= 11 is -3.46. The van der Waals surface area contributed by atoms with Crippen LogP contribution in [0.25, 0.3) is 32.7 Å². The third-order valence-electron chi connectivity index (χ3n) is 5.46. The Morgan fingerprint density at radius 3 is 1.09 bits per heavy atom. The van der Waals surface area contributed by atoms with Gasteiger partial charge < -0.3 is 0 Å². The van der Waals surface area contributed by atoms with Gasteiger partial charge in [0.25, 0.3) is 0 Å². The number of aromatic nitrogens is 3. The molecule has 0 saturated heterocycles. The van der Waals surface area contributed by atoms with Crippen LogP contribution >= 0.6 is 0 Å². The quantitative estimate of drug-likeness (QED) is 0.267. The Labute approximate surface area is 202 Å². The molecule has 0 N–H and O–H groups in total. The molecule has 0 saturated carbocycles. The first-order chi connectivity index (χ1) is 16.8. The summed E-state index contributed by atoms with van der Waals surface area (Å²) in [6.07, 6.45) is 5.26. The average Bonchev–Trinajstić information content (AvgIpc) is 2.89. The predicted molar refractivity (Wildman–Crippen MR) is 133 cm³/mol. The molecule has 6 nitrogen and oxygen atoms in total. The van der Waals surface area contributed by atoms with Crippen molar-refractivity contribution in [3.05, 3.63) is 110 Å². The summed E-state index contributed by atoms with van der Waals surface area (Å²) in [5.74, 6) is 1.89.